The number of rotatable bonds is 5. The molecule has 0 fully saturated rings. The van der Waals surface area contributed by atoms with Crippen LogP contribution in [0.5, 0.6) is 5.75 Å². The number of aromatic nitrogens is 1. The fourth-order valence-corrected chi connectivity index (χ4v) is 3.61. The third-order valence-corrected chi connectivity index (χ3v) is 4.98. The highest BCUT2D eigenvalue weighted by molar-refractivity contribution is 7.92. The fourth-order valence-electron chi connectivity index (χ4n) is 2.21. The largest absolute Gasteiger partial charge is 0.495 e. The van der Waals surface area contributed by atoms with Crippen molar-refractivity contribution in [3.8, 4) is 5.75 Å². The van der Waals surface area contributed by atoms with Crippen LogP contribution in [0.15, 0.2) is 27.6 Å². The molecule has 6 nitrogen and oxygen atoms in total. The molecule has 0 unspecified atom stereocenters. The second kappa shape index (κ2) is 6.00. The van der Waals surface area contributed by atoms with Gasteiger partial charge in [-0.1, -0.05) is 25.1 Å². The van der Waals surface area contributed by atoms with Gasteiger partial charge >= 0.3 is 0 Å². The first-order chi connectivity index (χ1) is 10.3. The topological polar surface area (TPSA) is 81.4 Å². The normalized spacial score (nSPS) is 11.7. The molecule has 0 aliphatic carbocycles. The van der Waals surface area contributed by atoms with Crippen molar-refractivity contribution in [2.75, 3.05) is 11.8 Å². The second-order valence-electron chi connectivity index (χ2n) is 5.37. The Balaban J connectivity index is 2.42. The summed E-state index contributed by atoms with van der Waals surface area (Å²) in [6.07, 6.45) is 0. The van der Waals surface area contributed by atoms with Crippen molar-refractivity contribution in [3.05, 3.63) is 35.2 Å². The molecule has 0 aliphatic heterocycles. The number of nitrogens with one attached hydrogen (secondary N) is 1. The standard InChI is InChI=1S/C15H20N2O4S/c1-9(2)12-6-7-13(14(8-12)20-5)17-22(18,19)15-10(3)16-21-11(15)4/h6-9,17H,1-5H3. The van der Waals surface area contributed by atoms with Gasteiger partial charge in [0.1, 0.15) is 11.4 Å². The van der Waals surface area contributed by atoms with E-state index in [-0.39, 0.29) is 10.7 Å². The van der Waals surface area contributed by atoms with Crippen molar-refractivity contribution in [1.82, 2.24) is 5.16 Å². The van der Waals surface area contributed by atoms with E-state index in [2.05, 4.69) is 23.7 Å². The van der Waals surface area contributed by atoms with Crippen LogP contribution in [0, 0.1) is 13.8 Å². The first kappa shape index (κ1) is 16.4. The Morgan fingerprint density at radius 2 is 1.95 bits per heavy atom. The van der Waals surface area contributed by atoms with Gasteiger partial charge in [0.25, 0.3) is 10.0 Å². The zero-order chi connectivity index (χ0) is 16.5. The average Bonchev–Trinajstić information content (AvgIpc) is 2.78. The van der Waals surface area contributed by atoms with Crippen molar-refractivity contribution in [1.29, 1.82) is 0 Å². The lowest BCUT2D eigenvalue weighted by atomic mass is 10.0. The van der Waals surface area contributed by atoms with E-state index in [1.54, 1.807) is 19.9 Å². The number of aryl methyl sites for hydroxylation is 2. The summed E-state index contributed by atoms with van der Waals surface area (Å²) in [5.41, 5.74) is 1.77. The van der Waals surface area contributed by atoms with Crippen LogP contribution in [0.2, 0.25) is 0 Å². The van der Waals surface area contributed by atoms with Crippen LogP contribution in [0.1, 0.15) is 36.8 Å². The number of sulfonamides is 1. The lowest BCUT2D eigenvalue weighted by Gasteiger charge is -2.14. The maximum Gasteiger partial charge on any atom is 0.267 e. The molecule has 1 N–H and O–H groups in total. The van der Waals surface area contributed by atoms with Gasteiger partial charge in [-0.2, -0.15) is 0 Å². The van der Waals surface area contributed by atoms with Gasteiger partial charge in [-0.25, -0.2) is 8.42 Å². The van der Waals surface area contributed by atoms with Crippen LogP contribution in [0.25, 0.3) is 0 Å². The molecular weight excluding hydrogens is 304 g/mol. The number of anilines is 1. The minimum absolute atomic E-state index is 0.0579. The summed E-state index contributed by atoms with van der Waals surface area (Å²) in [5, 5.41) is 3.68. The van der Waals surface area contributed by atoms with Crippen LogP contribution in [-0.2, 0) is 10.0 Å². The molecule has 1 aromatic carbocycles. The molecule has 0 aliphatic rings. The first-order valence-corrected chi connectivity index (χ1v) is 8.38. The van der Waals surface area contributed by atoms with Crippen molar-refractivity contribution >= 4 is 15.7 Å². The lowest BCUT2D eigenvalue weighted by molar-refractivity contribution is 0.390. The molecule has 0 saturated carbocycles. The number of ether oxygens (including phenoxy) is 1. The second-order valence-corrected chi connectivity index (χ2v) is 6.99. The predicted octanol–water partition coefficient (Wildman–Crippen LogP) is 3.22. The summed E-state index contributed by atoms with van der Waals surface area (Å²) in [7, 11) is -2.28. The number of methoxy groups -OCH3 is 1. The molecule has 0 radical (unpaired) electrons. The van der Waals surface area contributed by atoms with Gasteiger partial charge in [0.2, 0.25) is 0 Å². The summed E-state index contributed by atoms with van der Waals surface area (Å²) in [6, 6.07) is 5.40. The van der Waals surface area contributed by atoms with Crippen LogP contribution >= 0.6 is 0 Å². The van der Waals surface area contributed by atoms with E-state index in [9.17, 15) is 8.42 Å². The Kier molecular flexibility index (Phi) is 4.46. The third-order valence-electron chi connectivity index (χ3n) is 3.37. The molecule has 120 valence electrons. The SMILES string of the molecule is COc1cc(C(C)C)ccc1NS(=O)(=O)c1c(C)noc1C. The van der Waals surface area contributed by atoms with Crippen molar-refractivity contribution < 1.29 is 17.7 Å². The summed E-state index contributed by atoms with van der Waals surface area (Å²) >= 11 is 0. The number of benzene rings is 1. The summed E-state index contributed by atoms with van der Waals surface area (Å²) in [6.45, 7) is 7.27. The molecule has 1 heterocycles. The van der Waals surface area contributed by atoms with E-state index in [4.69, 9.17) is 9.26 Å². The van der Waals surface area contributed by atoms with E-state index >= 15 is 0 Å². The van der Waals surface area contributed by atoms with Gasteiger partial charge in [0.05, 0.1) is 12.8 Å². The summed E-state index contributed by atoms with van der Waals surface area (Å²) in [4.78, 5) is 0.0579. The first-order valence-electron chi connectivity index (χ1n) is 6.90. The lowest BCUT2D eigenvalue weighted by Crippen LogP contribution is -2.15. The highest BCUT2D eigenvalue weighted by Gasteiger charge is 2.25. The maximum absolute atomic E-state index is 12.5. The smallest absolute Gasteiger partial charge is 0.267 e. The zero-order valence-corrected chi connectivity index (χ0v) is 14.1. The van der Waals surface area contributed by atoms with Crippen molar-refractivity contribution in [3.63, 3.8) is 0 Å². The number of hydrogen-bond acceptors (Lipinski definition) is 5. The highest BCUT2D eigenvalue weighted by atomic mass is 32.2. The molecule has 7 heteroatoms. The molecular formula is C15H20N2O4S. The third kappa shape index (κ3) is 3.09. The summed E-state index contributed by atoms with van der Waals surface area (Å²) in [5.74, 6) is 1.05. The van der Waals surface area contributed by atoms with Gasteiger partial charge in [-0.15, -0.1) is 0 Å². The summed E-state index contributed by atoms with van der Waals surface area (Å²) < 4.78 is 37.8. The molecule has 2 rings (SSSR count). The van der Waals surface area contributed by atoms with E-state index < -0.39 is 10.0 Å². The predicted molar refractivity (Wildman–Crippen MR) is 83.9 cm³/mol. The Hall–Kier alpha value is -2.02. The average molecular weight is 324 g/mol. The maximum atomic E-state index is 12.5. The van der Waals surface area contributed by atoms with Gasteiger partial charge in [0, 0.05) is 0 Å². The van der Waals surface area contributed by atoms with Gasteiger partial charge in [-0.3, -0.25) is 4.72 Å². The van der Waals surface area contributed by atoms with E-state index in [1.807, 2.05) is 12.1 Å². The highest BCUT2D eigenvalue weighted by Crippen LogP contribution is 2.31. The van der Waals surface area contributed by atoms with Crippen molar-refractivity contribution in [2.24, 2.45) is 0 Å². The van der Waals surface area contributed by atoms with E-state index in [0.717, 1.165) is 5.56 Å². The quantitative estimate of drug-likeness (QED) is 0.913. The Labute approximate surface area is 130 Å². The molecule has 2 aromatic rings. The number of nitrogens with zero attached hydrogens (tertiary/aromatic N) is 1. The molecule has 0 atom stereocenters. The number of hydrogen-bond donors (Lipinski definition) is 1. The monoisotopic (exact) mass is 324 g/mol. The molecule has 0 saturated heterocycles. The van der Waals surface area contributed by atoms with Gasteiger partial charge in [-0.05, 0) is 37.5 Å². The molecule has 1 aromatic heterocycles. The van der Waals surface area contributed by atoms with E-state index in [1.165, 1.54) is 7.11 Å². The van der Waals surface area contributed by atoms with Crippen LogP contribution in [-0.4, -0.2) is 20.7 Å². The Morgan fingerprint density at radius 3 is 2.45 bits per heavy atom. The van der Waals surface area contributed by atoms with Crippen LogP contribution in [0.3, 0.4) is 0 Å². The molecule has 0 spiro atoms. The fraction of sp³-hybridized carbons (Fsp3) is 0.400. The van der Waals surface area contributed by atoms with E-state index in [0.29, 0.717) is 23.0 Å². The van der Waals surface area contributed by atoms with Gasteiger partial charge in [0.15, 0.2) is 10.7 Å². The van der Waals surface area contributed by atoms with Gasteiger partial charge < -0.3 is 9.26 Å². The van der Waals surface area contributed by atoms with Crippen molar-refractivity contribution in [2.45, 2.75) is 38.5 Å². The molecule has 0 amide bonds. The van der Waals surface area contributed by atoms with Crippen LogP contribution in [0.4, 0.5) is 5.69 Å². The Morgan fingerprint density at radius 1 is 1.27 bits per heavy atom. The molecule has 0 bridgehead atoms. The minimum Gasteiger partial charge on any atom is -0.495 e. The minimum atomic E-state index is -3.78. The van der Waals surface area contributed by atoms with Crippen LogP contribution < -0.4 is 9.46 Å². The molecule has 22 heavy (non-hydrogen) atoms. The Bertz CT molecular complexity index is 759. The zero-order valence-electron chi connectivity index (χ0n) is 13.3.